The molecule has 2 atom stereocenters. The summed E-state index contributed by atoms with van der Waals surface area (Å²) in [4.78, 5) is 2.59. The molecule has 0 spiro atoms. The van der Waals surface area contributed by atoms with E-state index in [0.29, 0.717) is 0 Å². The Morgan fingerprint density at radius 1 is 1.36 bits per heavy atom. The highest BCUT2D eigenvalue weighted by atomic mass is 16.5. The SMILES string of the molecule is CC1CCN2CCOCC2C1. The fourth-order valence-electron chi connectivity index (χ4n) is 2.17. The normalized spacial score (nSPS) is 40.1. The van der Waals surface area contributed by atoms with E-state index >= 15 is 0 Å². The van der Waals surface area contributed by atoms with Gasteiger partial charge >= 0.3 is 0 Å². The van der Waals surface area contributed by atoms with Crippen molar-refractivity contribution in [2.75, 3.05) is 26.3 Å². The van der Waals surface area contributed by atoms with Crippen molar-refractivity contribution in [1.82, 2.24) is 4.90 Å². The minimum absolute atomic E-state index is 0.743. The maximum absolute atomic E-state index is 5.45. The molecule has 2 aliphatic rings. The van der Waals surface area contributed by atoms with E-state index in [2.05, 4.69) is 11.8 Å². The van der Waals surface area contributed by atoms with Crippen LogP contribution in [0.15, 0.2) is 0 Å². The van der Waals surface area contributed by atoms with E-state index < -0.39 is 0 Å². The van der Waals surface area contributed by atoms with E-state index in [9.17, 15) is 0 Å². The van der Waals surface area contributed by atoms with Crippen LogP contribution in [0.1, 0.15) is 19.8 Å². The van der Waals surface area contributed by atoms with Crippen LogP contribution in [0.3, 0.4) is 0 Å². The lowest BCUT2D eigenvalue weighted by Crippen LogP contribution is -2.49. The van der Waals surface area contributed by atoms with Gasteiger partial charge in [-0.3, -0.25) is 4.90 Å². The van der Waals surface area contributed by atoms with Crippen LogP contribution in [-0.2, 0) is 4.74 Å². The van der Waals surface area contributed by atoms with Crippen molar-refractivity contribution in [3.8, 4) is 0 Å². The van der Waals surface area contributed by atoms with E-state index in [-0.39, 0.29) is 0 Å². The lowest BCUT2D eigenvalue weighted by atomic mass is 9.92. The van der Waals surface area contributed by atoms with Gasteiger partial charge in [-0.2, -0.15) is 0 Å². The van der Waals surface area contributed by atoms with Crippen LogP contribution in [0.5, 0.6) is 0 Å². The molecule has 0 N–H and O–H groups in total. The number of rotatable bonds is 0. The molecule has 2 heteroatoms. The van der Waals surface area contributed by atoms with Crippen molar-refractivity contribution in [3.05, 3.63) is 0 Å². The van der Waals surface area contributed by atoms with E-state index in [1.165, 1.54) is 19.4 Å². The minimum Gasteiger partial charge on any atom is -0.378 e. The van der Waals surface area contributed by atoms with Crippen molar-refractivity contribution in [2.45, 2.75) is 25.8 Å². The summed E-state index contributed by atoms with van der Waals surface area (Å²) in [5, 5.41) is 0. The van der Waals surface area contributed by atoms with Crippen LogP contribution >= 0.6 is 0 Å². The van der Waals surface area contributed by atoms with Gasteiger partial charge in [0.25, 0.3) is 0 Å². The summed E-state index contributed by atoms with van der Waals surface area (Å²) < 4.78 is 5.45. The van der Waals surface area contributed by atoms with Crippen molar-refractivity contribution < 1.29 is 4.74 Å². The molecule has 0 saturated carbocycles. The smallest absolute Gasteiger partial charge is 0.0622 e. The Labute approximate surface area is 68.5 Å². The zero-order valence-corrected chi connectivity index (χ0v) is 7.25. The molecule has 2 fully saturated rings. The van der Waals surface area contributed by atoms with Crippen molar-refractivity contribution in [2.24, 2.45) is 5.92 Å². The van der Waals surface area contributed by atoms with Gasteiger partial charge in [0.15, 0.2) is 0 Å². The molecule has 2 aliphatic heterocycles. The number of ether oxygens (including phenoxy) is 1. The van der Waals surface area contributed by atoms with Crippen molar-refractivity contribution in [3.63, 3.8) is 0 Å². The second kappa shape index (κ2) is 3.11. The molecule has 2 heterocycles. The highest BCUT2D eigenvalue weighted by Crippen LogP contribution is 2.23. The number of hydrogen-bond acceptors (Lipinski definition) is 2. The molecule has 2 saturated heterocycles. The highest BCUT2D eigenvalue weighted by Gasteiger charge is 2.28. The predicted octanol–water partition coefficient (Wildman–Crippen LogP) is 1.12. The molecule has 0 amide bonds. The van der Waals surface area contributed by atoms with Gasteiger partial charge in [0.1, 0.15) is 0 Å². The molecule has 11 heavy (non-hydrogen) atoms. The fraction of sp³-hybridized carbons (Fsp3) is 1.00. The summed E-state index contributed by atoms with van der Waals surface area (Å²) in [6.45, 7) is 6.74. The number of fused-ring (bicyclic) bond motifs is 1. The van der Waals surface area contributed by atoms with Crippen LogP contribution < -0.4 is 0 Å². The van der Waals surface area contributed by atoms with Crippen molar-refractivity contribution in [1.29, 1.82) is 0 Å². The van der Waals surface area contributed by atoms with Crippen LogP contribution in [0.4, 0.5) is 0 Å². The lowest BCUT2D eigenvalue weighted by molar-refractivity contribution is -0.0330. The maximum Gasteiger partial charge on any atom is 0.0622 e. The van der Waals surface area contributed by atoms with Crippen LogP contribution in [0.25, 0.3) is 0 Å². The van der Waals surface area contributed by atoms with E-state index in [1.54, 1.807) is 0 Å². The van der Waals surface area contributed by atoms with Gasteiger partial charge in [0, 0.05) is 12.6 Å². The summed E-state index contributed by atoms with van der Waals surface area (Å²) in [5.74, 6) is 0.915. The Bertz CT molecular complexity index is 138. The first kappa shape index (κ1) is 7.56. The molecule has 2 rings (SSSR count). The average molecular weight is 155 g/mol. The minimum atomic E-state index is 0.743. The third-order valence-electron chi connectivity index (χ3n) is 2.93. The standard InChI is InChI=1S/C9H17NO/c1-8-2-3-10-4-5-11-7-9(10)6-8/h8-9H,2-7H2,1H3. The molecule has 0 aromatic carbocycles. The van der Waals surface area contributed by atoms with Gasteiger partial charge in [-0.15, -0.1) is 0 Å². The zero-order valence-electron chi connectivity index (χ0n) is 7.25. The summed E-state index contributed by atoms with van der Waals surface area (Å²) in [7, 11) is 0. The Hall–Kier alpha value is -0.0800. The van der Waals surface area contributed by atoms with Gasteiger partial charge in [0.2, 0.25) is 0 Å². The number of nitrogens with zero attached hydrogens (tertiary/aromatic N) is 1. The third-order valence-corrected chi connectivity index (χ3v) is 2.93. The first-order chi connectivity index (χ1) is 5.36. The highest BCUT2D eigenvalue weighted by molar-refractivity contribution is 4.81. The zero-order chi connectivity index (χ0) is 7.68. The monoisotopic (exact) mass is 155 g/mol. The largest absolute Gasteiger partial charge is 0.378 e. The molecule has 0 aromatic rings. The summed E-state index contributed by atoms with van der Waals surface area (Å²) in [6.07, 6.45) is 2.73. The molecule has 0 radical (unpaired) electrons. The Morgan fingerprint density at radius 3 is 3.18 bits per heavy atom. The predicted molar refractivity (Wildman–Crippen MR) is 44.6 cm³/mol. The summed E-state index contributed by atoms with van der Waals surface area (Å²) in [6, 6.07) is 0.743. The third kappa shape index (κ3) is 1.57. The number of piperidine rings is 1. The fourth-order valence-corrected chi connectivity index (χ4v) is 2.17. The number of hydrogen-bond donors (Lipinski definition) is 0. The molecular formula is C9H17NO. The van der Waals surface area contributed by atoms with Gasteiger partial charge < -0.3 is 4.74 Å². The molecule has 2 nitrogen and oxygen atoms in total. The first-order valence-corrected chi connectivity index (χ1v) is 4.68. The quantitative estimate of drug-likeness (QED) is 0.519. The Morgan fingerprint density at radius 2 is 2.27 bits per heavy atom. The molecule has 2 unspecified atom stereocenters. The van der Waals surface area contributed by atoms with E-state index in [0.717, 1.165) is 31.7 Å². The maximum atomic E-state index is 5.45. The van der Waals surface area contributed by atoms with Gasteiger partial charge in [-0.05, 0) is 25.3 Å². The lowest BCUT2D eigenvalue weighted by Gasteiger charge is -2.41. The van der Waals surface area contributed by atoms with Crippen LogP contribution in [0.2, 0.25) is 0 Å². The summed E-state index contributed by atoms with van der Waals surface area (Å²) >= 11 is 0. The van der Waals surface area contributed by atoms with Crippen LogP contribution in [-0.4, -0.2) is 37.2 Å². The van der Waals surface area contributed by atoms with Gasteiger partial charge in [-0.25, -0.2) is 0 Å². The van der Waals surface area contributed by atoms with Gasteiger partial charge in [0.05, 0.1) is 13.2 Å². The first-order valence-electron chi connectivity index (χ1n) is 4.68. The molecule has 0 bridgehead atoms. The average Bonchev–Trinajstić information content (AvgIpc) is 2.04. The van der Waals surface area contributed by atoms with Gasteiger partial charge in [-0.1, -0.05) is 6.92 Å². The van der Waals surface area contributed by atoms with Crippen LogP contribution in [0, 0.1) is 5.92 Å². The molecule has 64 valence electrons. The second-order valence-corrected chi connectivity index (χ2v) is 3.89. The van der Waals surface area contributed by atoms with Crippen molar-refractivity contribution >= 4 is 0 Å². The van der Waals surface area contributed by atoms with E-state index in [1.807, 2.05) is 0 Å². The molecule has 0 aliphatic carbocycles. The molecule has 0 aromatic heterocycles. The summed E-state index contributed by atoms with van der Waals surface area (Å²) in [5.41, 5.74) is 0. The Kier molecular flexibility index (Phi) is 2.14. The van der Waals surface area contributed by atoms with E-state index in [4.69, 9.17) is 4.74 Å². The topological polar surface area (TPSA) is 12.5 Å². The second-order valence-electron chi connectivity index (χ2n) is 3.89. The Balaban J connectivity index is 1.93. The molecular weight excluding hydrogens is 138 g/mol. The number of morpholine rings is 1.